The van der Waals surface area contributed by atoms with Crippen molar-refractivity contribution in [1.29, 1.82) is 5.41 Å². The minimum atomic E-state index is -2.54. The normalized spacial score (nSPS) is 25.1. The highest BCUT2D eigenvalue weighted by atomic mass is 35.6. The lowest BCUT2D eigenvalue weighted by molar-refractivity contribution is -0.353. The highest BCUT2D eigenvalue weighted by Crippen LogP contribution is 2.38. The van der Waals surface area contributed by atoms with Crippen molar-refractivity contribution < 1.29 is 85.7 Å². The monoisotopic (exact) mass is 965 g/mol. The van der Waals surface area contributed by atoms with Gasteiger partial charge in [0.15, 0.2) is 30.7 Å². The van der Waals surface area contributed by atoms with Crippen molar-refractivity contribution in [2.75, 3.05) is 13.2 Å². The Hall–Kier alpha value is -5.83. The van der Waals surface area contributed by atoms with Gasteiger partial charge in [0, 0.05) is 27.7 Å². The lowest BCUT2D eigenvalue weighted by Crippen LogP contribution is -2.67. The van der Waals surface area contributed by atoms with Crippen molar-refractivity contribution in [3.8, 4) is 0 Å². The first kappa shape index (κ1) is 50.2. The molecule has 2 heterocycles. The Labute approximate surface area is 386 Å². The van der Waals surface area contributed by atoms with Gasteiger partial charge in [-0.25, -0.2) is 14.4 Å². The predicted octanol–water partition coefficient (Wildman–Crippen LogP) is 4.85. The first-order valence-electron chi connectivity index (χ1n) is 19.5. The lowest BCUT2D eigenvalue weighted by Gasteiger charge is -2.48. The van der Waals surface area contributed by atoms with E-state index in [9.17, 15) is 33.6 Å². The number of hydrogen-bond acceptors (Lipinski definition) is 19. The molecule has 0 radical (unpaired) electrons. The smallest absolute Gasteiger partial charge is 0.338 e. The maximum absolute atomic E-state index is 14.1. The number of ether oxygens (including phenoxy) is 11. The highest BCUT2D eigenvalue weighted by Gasteiger charge is 2.58. The van der Waals surface area contributed by atoms with E-state index in [1.807, 2.05) is 0 Å². The maximum atomic E-state index is 14.1. The van der Waals surface area contributed by atoms with Crippen LogP contribution in [-0.2, 0) is 71.3 Å². The van der Waals surface area contributed by atoms with E-state index < -0.39 is 126 Å². The van der Waals surface area contributed by atoms with Crippen LogP contribution in [0.15, 0.2) is 91.0 Å². The third kappa shape index (κ3) is 14.1. The molecule has 0 aromatic heterocycles. The Morgan fingerprint density at radius 3 is 1.34 bits per heavy atom. The van der Waals surface area contributed by atoms with Gasteiger partial charge in [0.2, 0.25) is 18.3 Å². The second-order valence-corrected chi connectivity index (χ2v) is 16.4. The van der Waals surface area contributed by atoms with Gasteiger partial charge >= 0.3 is 41.8 Å². The number of carbonyl (C=O) groups is 7. The molecule has 0 amide bonds. The third-order valence-electron chi connectivity index (χ3n) is 9.22. The zero-order valence-electron chi connectivity index (χ0n) is 34.8. The van der Waals surface area contributed by atoms with Gasteiger partial charge in [-0.2, -0.15) is 0 Å². The van der Waals surface area contributed by atoms with Gasteiger partial charge in [0.05, 0.1) is 16.7 Å². The summed E-state index contributed by atoms with van der Waals surface area (Å²) in [5.74, 6) is -7.70. The Balaban J connectivity index is 1.70. The summed E-state index contributed by atoms with van der Waals surface area (Å²) in [5.41, 5.74) is 0.0383. The molecule has 3 aromatic carbocycles. The number of benzene rings is 3. The molecule has 0 saturated carbocycles. The first-order valence-corrected chi connectivity index (χ1v) is 20.6. The summed E-state index contributed by atoms with van der Waals surface area (Å²) in [6, 6.07) is 22.6. The number of nitrogens with one attached hydrogen (secondary N) is 1. The number of carbonyl (C=O) groups excluding carboxylic acids is 7. The van der Waals surface area contributed by atoms with Gasteiger partial charge in [-0.1, -0.05) is 89.4 Å². The fraction of sp³-hybridized carbons (Fsp3) is 0.395. The van der Waals surface area contributed by atoms with Crippen LogP contribution in [0.25, 0.3) is 0 Å². The number of halogens is 3. The Bertz CT molecular complexity index is 2180. The summed E-state index contributed by atoms with van der Waals surface area (Å²) in [5, 5.41) is 8.44. The molecule has 0 bridgehead atoms. The van der Waals surface area contributed by atoms with E-state index in [0.29, 0.717) is 0 Å². The number of esters is 7. The topological polar surface area (TPSA) is 245 Å². The van der Waals surface area contributed by atoms with Crippen LogP contribution in [0.4, 0.5) is 0 Å². The van der Waals surface area contributed by atoms with E-state index in [2.05, 4.69) is 0 Å². The predicted molar refractivity (Wildman–Crippen MR) is 223 cm³/mol. The maximum Gasteiger partial charge on any atom is 0.338 e. The second kappa shape index (κ2) is 22.9. The number of rotatable bonds is 15. The quantitative estimate of drug-likeness (QED) is 0.0703. The van der Waals surface area contributed by atoms with Crippen LogP contribution < -0.4 is 0 Å². The van der Waals surface area contributed by atoms with E-state index in [1.165, 1.54) is 60.7 Å². The Morgan fingerprint density at radius 1 is 0.477 bits per heavy atom. The molecule has 2 saturated heterocycles. The molecule has 0 spiro atoms. The SMILES string of the molecule is CC(=O)OC[C@H]1O[C@H](O[C@@H]2[C@H](OC(=O)c3ccccc3)[C@@H](OC(=O)c3ccccc3)[C@H](OC(=N)C(Cl)(Cl)Cl)O[C@@H]2COC(=O)c2ccccc2)[C@H](OC(C)=O)[C@@H](OC(C)=O)[C@H]1OC(C)=O. The van der Waals surface area contributed by atoms with Crippen molar-refractivity contribution in [2.45, 2.75) is 92.9 Å². The molecule has 19 nitrogen and oxygen atoms in total. The van der Waals surface area contributed by atoms with E-state index in [4.69, 9.17) is 92.3 Å². The molecule has 2 aliphatic rings. The summed E-state index contributed by atoms with van der Waals surface area (Å²) in [7, 11) is 0. The summed E-state index contributed by atoms with van der Waals surface area (Å²) in [6.07, 6.45) is -18.2. The van der Waals surface area contributed by atoms with E-state index in [-0.39, 0.29) is 16.7 Å². The standard InChI is InChI=1S/C43H42Cl3NO18/c1-22(48)55-20-29-31(57-23(2)49)33(58-24(3)50)35(59-25(4)51)40(60-29)64-32-30(21-56-37(52)26-14-8-5-9-15-26)61-41(65-42(47)43(44,45)46)36(63-39(54)28-18-12-7-13-19-28)34(32)62-38(53)27-16-10-6-11-17-27/h5-19,29-36,40-41,47H,20-21H2,1-4H3/t29-,30-,31+,32+,33+,34+,35-,36-,40-,41+/m1/s1. The molecule has 22 heteroatoms. The van der Waals surface area contributed by atoms with Crippen molar-refractivity contribution in [2.24, 2.45) is 0 Å². The second-order valence-electron chi connectivity index (χ2n) is 14.1. The van der Waals surface area contributed by atoms with Gasteiger partial charge in [-0.05, 0) is 36.4 Å². The average molecular weight is 967 g/mol. The van der Waals surface area contributed by atoms with Gasteiger partial charge in [-0.15, -0.1) is 0 Å². The van der Waals surface area contributed by atoms with Crippen molar-refractivity contribution >= 4 is 82.5 Å². The average Bonchev–Trinajstić information content (AvgIpc) is 3.26. The van der Waals surface area contributed by atoms with Gasteiger partial charge in [0.1, 0.15) is 31.5 Å². The number of alkyl halides is 3. The van der Waals surface area contributed by atoms with E-state index in [0.717, 1.165) is 27.7 Å². The minimum Gasteiger partial charge on any atom is -0.463 e. The van der Waals surface area contributed by atoms with Crippen LogP contribution in [0, 0.1) is 5.41 Å². The largest absolute Gasteiger partial charge is 0.463 e. The van der Waals surface area contributed by atoms with E-state index in [1.54, 1.807) is 30.3 Å². The molecule has 65 heavy (non-hydrogen) atoms. The highest BCUT2D eigenvalue weighted by molar-refractivity contribution is 6.76. The third-order valence-corrected chi connectivity index (χ3v) is 9.73. The Morgan fingerprint density at radius 2 is 0.862 bits per heavy atom. The molecule has 2 aliphatic heterocycles. The molecule has 5 rings (SSSR count). The van der Waals surface area contributed by atoms with Crippen LogP contribution in [0.5, 0.6) is 0 Å². The van der Waals surface area contributed by atoms with Crippen LogP contribution in [0.2, 0.25) is 0 Å². The van der Waals surface area contributed by atoms with Crippen molar-refractivity contribution in [3.05, 3.63) is 108 Å². The van der Waals surface area contributed by atoms with Crippen molar-refractivity contribution in [3.63, 3.8) is 0 Å². The molecule has 10 atom stereocenters. The fourth-order valence-electron chi connectivity index (χ4n) is 6.51. The lowest BCUT2D eigenvalue weighted by atomic mass is 9.95. The van der Waals surface area contributed by atoms with Gasteiger partial charge in [-0.3, -0.25) is 24.6 Å². The first-order chi connectivity index (χ1) is 30.8. The molecule has 0 aliphatic carbocycles. The zero-order valence-corrected chi connectivity index (χ0v) is 37.1. The van der Waals surface area contributed by atoms with Crippen LogP contribution >= 0.6 is 34.8 Å². The molecule has 0 unspecified atom stereocenters. The van der Waals surface area contributed by atoms with Crippen molar-refractivity contribution in [1.82, 2.24) is 0 Å². The van der Waals surface area contributed by atoms with E-state index >= 15 is 0 Å². The summed E-state index contributed by atoms with van der Waals surface area (Å²) in [6.45, 7) is 2.66. The molecule has 1 N–H and O–H groups in total. The van der Waals surface area contributed by atoms with Gasteiger partial charge < -0.3 is 52.1 Å². The van der Waals surface area contributed by atoms with Crippen LogP contribution in [0.3, 0.4) is 0 Å². The zero-order chi connectivity index (χ0) is 47.4. The van der Waals surface area contributed by atoms with Crippen LogP contribution in [-0.4, -0.2) is 126 Å². The molecular weight excluding hydrogens is 925 g/mol. The Kier molecular flexibility index (Phi) is 17.7. The molecule has 2 fully saturated rings. The minimum absolute atomic E-state index is 0.0215. The molecular formula is C43H42Cl3NO18. The fourth-order valence-corrected chi connectivity index (χ4v) is 6.65. The molecule has 3 aromatic rings. The molecule has 348 valence electrons. The summed E-state index contributed by atoms with van der Waals surface area (Å²) < 4.78 is 61.7. The summed E-state index contributed by atoms with van der Waals surface area (Å²) in [4.78, 5) is 91.2. The number of hydrogen-bond donors (Lipinski definition) is 1. The van der Waals surface area contributed by atoms with Gasteiger partial charge in [0.25, 0.3) is 3.79 Å². The van der Waals surface area contributed by atoms with Crippen LogP contribution in [0.1, 0.15) is 58.8 Å². The summed E-state index contributed by atoms with van der Waals surface area (Å²) >= 11 is 18.0.